The SMILES string of the molecule is Cc1ccc(OCCOc2ccccc2C#N)c(C)c1. The van der Waals surface area contributed by atoms with Gasteiger partial charge in [-0.2, -0.15) is 5.26 Å². The van der Waals surface area contributed by atoms with E-state index >= 15 is 0 Å². The van der Waals surface area contributed by atoms with Crippen molar-refractivity contribution in [1.29, 1.82) is 5.26 Å². The number of benzene rings is 2. The molecule has 0 aliphatic carbocycles. The van der Waals surface area contributed by atoms with E-state index in [0.29, 0.717) is 24.5 Å². The fourth-order valence-corrected chi connectivity index (χ4v) is 1.95. The number of nitriles is 1. The second-order valence-corrected chi connectivity index (χ2v) is 4.57. The Balaban J connectivity index is 1.86. The molecule has 0 unspecified atom stereocenters. The number of nitrogens with zero attached hydrogens (tertiary/aromatic N) is 1. The van der Waals surface area contributed by atoms with Crippen molar-refractivity contribution in [2.45, 2.75) is 13.8 Å². The second kappa shape index (κ2) is 6.63. The first kappa shape index (κ1) is 14.0. The molecule has 0 saturated carbocycles. The maximum atomic E-state index is 8.95. The van der Waals surface area contributed by atoms with E-state index < -0.39 is 0 Å². The van der Waals surface area contributed by atoms with Gasteiger partial charge in [-0.25, -0.2) is 0 Å². The van der Waals surface area contributed by atoms with Crippen LogP contribution in [0.15, 0.2) is 42.5 Å². The first-order valence-corrected chi connectivity index (χ1v) is 6.52. The maximum Gasteiger partial charge on any atom is 0.137 e. The quantitative estimate of drug-likeness (QED) is 0.777. The maximum absolute atomic E-state index is 8.95. The molecule has 0 radical (unpaired) electrons. The third kappa shape index (κ3) is 3.52. The van der Waals surface area contributed by atoms with Crippen molar-refractivity contribution in [3.05, 3.63) is 59.2 Å². The van der Waals surface area contributed by atoms with E-state index in [1.165, 1.54) is 5.56 Å². The van der Waals surface area contributed by atoms with E-state index in [9.17, 15) is 0 Å². The van der Waals surface area contributed by atoms with E-state index in [2.05, 4.69) is 19.1 Å². The largest absolute Gasteiger partial charge is 0.490 e. The minimum atomic E-state index is 0.409. The van der Waals surface area contributed by atoms with Gasteiger partial charge in [-0.3, -0.25) is 0 Å². The Kier molecular flexibility index (Phi) is 4.62. The van der Waals surface area contributed by atoms with Crippen LogP contribution in [-0.2, 0) is 0 Å². The van der Waals surface area contributed by atoms with Crippen molar-refractivity contribution in [2.24, 2.45) is 0 Å². The van der Waals surface area contributed by atoms with E-state index in [1.54, 1.807) is 12.1 Å². The van der Waals surface area contributed by atoms with Gasteiger partial charge in [0.1, 0.15) is 30.8 Å². The standard InChI is InChI=1S/C17H17NO2/c1-13-7-8-16(14(2)11-13)19-9-10-20-17-6-4-3-5-15(17)12-18/h3-8,11H,9-10H2,1-2H3. The fourth-order valence-electron chi connectivity index (χ4n) is 1.95. The van der Waals surface area contributed by atoms with Crippen LogP contribution in [0.5, 0.6) is 11.5 Å². The normalized spacial score (nSPS) is 9.85. The highest BCUT2D eigenvalue weighted by Crippen LogP contribution is 2.19. The molecule has 2 rings (SSSR count). The van der Waals surface area contributed by atoms with Crippen molar-refractivity contribution in [3.63, 3.8) is 0 Å². The molecule has 20 heavy (non-hydrogen) atoms. The summed E-state index contributed by atoms with van der Waals surface area (Å²) in [4.78, 5) is 0. The number of aryl methyl sites for hydroxylation is 2. The summed E-state index contributed by atoms with van der Waals surface area (Å²) < 4.78 is 11.2. The molecule has 0 atom stereocenters. The molecule has 0 aliphatic rings. The summed E-state index contributed by atoms with van der Waals surface area (Å²) >= 11 is 0. The Morgan fingerprint density at radius 2 is 1.65 bits per heavy atom. The van der Waals surface area contributed by atoms with Gasteiger partial charge in [0.05, 0.1) is 5.56 Å². The van der Waals surface area contributed by atoms with Crippen LogP contribution in [0, 0.1) is 25.2 Å². The molecule has 0 spiro atoms. The first-order chi connectivity index (χ1) is 9.70. The van der Waals surface area contributed by atoms with Gasteiger partial charge in [-0.1, -0.05) is 29.8 Å². The number of para-hydroxylation sites is 1. The second-order valence-electron chi connectivity index (χ2n) is 4.57. The Morgan fingerprint density at radius 1 is 0.950 bits per heavy atom. The molecule has 0 saturated heterocycles. The average Bonchev–Trinajstić information content (AvgIpc) is 2.46. The van der Waals surface area contributed by atoms with Gasteiger partial charge in [-0.15, -0.1) is 0 Å². The molecule has 0 bridgehead atoms. The van der Waals surface area contributed by atoms with Crippen molar-refractivity contribution < 1.29 is 9.47 Å². The minimum absolute atomic E-state index is 0.409. The number of ether oxygens (including phenoxy) is 2. The van der Waals surface area contributed by atoms with Crippen LogP contribution in [0.25, 0.3) is 0 Å². The lowest BCUT2D eigenvalue weighted by Crippen LogP contribution is -2.10. The first-order valence-electron chi connectivity index (χ1n) is 6.52. The predicted octanol–water partition coefficient (Wildman–Crippen LogP) is 3.63. The average molecular weight is 267 g/mol. The van der Waals surface area contributed by atoms with Crippen LogP contribution < -0.4 is 9.47 Å². The Bertz CT molecular complexity index is 629. The predicted molar refractivity (Wildman–Crippen MR) is 78.1 cm³/mol. The summed E-state index contributed by atoms with van der Waals surface area (Å²) in [6, 6.07) is 15.4. The van der Waals surface area contributed by atoms with Crippen molar-refractivity contribution in [1.82, 2.24) is 0 Å². The minimum Gasteiger partial charge on any atom is -0.490 e. The zero-order valence-electron chi connectivity index (χ0n) is 11.7. The summed E-state index contributed by atoms with van der Waals surface area (Å²) in [5.74, 6) is 1.46. The summed E-state index contributed by atoms with van der Waals surface area (Å²) in [6.45, 7) is 4.93. The molecule has 0 amide bonds. The summed E-state index contributed by atoms with van der Waals surface area (Å²) in [5, 5.41) is 8.95. The lowest BCUT2D eigenvalue weighted by Gasteiger charge is -2.11. The molecule has 0 heterocycles. The number of rotatable bonds is 5. The highest BCUT2D eigenvalue weighted by molar-refractivity contribution is 5.42. The van der Waals surface area contributed by atoms with Crippen molar-refractivity contribution >= 4 is 0 Å². The zero-order chi connectivity index (χ0) is 14.4. The van der Waals surface area contributed by atoms with Crippen molar-refractivity contribution in [2.75, 3.05) is 13.2 Å². The lowest BCUT2D eigenvalue weighted by molar-refractivity contribution is 0.216. The number of hydrogen-bond acceptors (Lipinski definition) is 3. The summed E-state index contributed by atoms with van der Waals surface area (Å²) in [6.07, 6.45) is 0. The third-order valence-corrected chi connectivity index (χ3v) is 2.94. The van der Waals surface area contributed by atoms with E-state index in [-0.39, 0.29) is 0 Å². The smallest absolute Gasteiger partial charge is 0.137 e. The molecule has 0 N–H and O–H groups in total. The summed E-state index contributed by atoms with van der Waals surface area (Å²) in [5.41, 5.74) is 2.87. The molecule has 2 aromatic carbocycles. The van der Waals surface area contributed by atoms with Gasteiger partial charge in [0, 0.05) is 0 Å². The molecule has 2 aromatic rings. The lowest BCUT2D eigenvalue weighted by atomic mass is 10.1. The highest BCUT2D eigenvalue weighted by Gasteiger charge is 2.02. The molecule has 3 heteroatoms. The van der Waals surface area contributed by atoms with Crippen LogP contribution >= 0.6 is 0 Å². The topological polar surface area (TPSA) is 42.2 Å². The van der Waals surface area contributed by atoms with Gasteiger partial charge >= 0.3 is 0 Å². The molecule has 102 valence electrons. The molecule has 0 aliphatic heterocycles. The fraction of sp³-hybridized carbons (Fsp3) is 0.235. The van der Waals surface area contributed by atoms with Gasteiger partial charge in [0.25, 0.3) is 0 Å². The molecule has 3 nitrogen and oxygen atoms in total. The molecule has 0 aromatic heterocycles. The van der Waals surface area contributed by atoms with Gasteiger partial charge in [-0.05, 0) is 37.6 Å². The molecule has 0 fully saturated rings. The van der Waals surface area contributed by atoms with Crippen LogP contribution in [0.3, 0.4) is 0 Å². The van der Waals surface area contributed by atoms with Crippen LogP contribution in [-0.4, -0.2) is 13.2 Å². The summed E-state index contributed by atoms with van der Waals surface area (Å²) in [7, 11) is 0. The molecular formula is C17H17NO2. The van der Waals surface area contributed by atoms with E-state index in [4.69, 9.17) is 14.7 Å². The van der Waals surface area contributed by atoms with Crippen LogP contribution in [0.1, 0.15) is 16.7 Å². The third-order valence-electron chi connectivity index (χ3n) is 2.94. The highest BCUT2D eigenvalue weighted by atomic mass is 16.5. The Labute approximate surface area is 119 Å². The number of hydrogen-bond donors (Lipinski definition) is 0. The Morgan fingerprint density at radius 3 is 2.35 bits per heavy atom. The van der Waals surface area contributed by atoms with E-state index in [0.717, 1.165) is 11.3 Å². The van der Waals surface area contributed by atoms with Gasteiger partial charge in [0.2, 0.25) is 0 Å². The zero-order valence-corrected chi connectivity index (χ0v) is 11.7. The van der Waals surface area contributed by atoms with Gasteiger partial charge < -0.3 is 9.47 Å². The monoisotopic (exact) mass is 267 g/mol. The van der Waals surface area contributed by atoms with Crippen LogP contribution in [0.4, 0.5) is 0 Å². The Hall–Kier alpha value is -2.47. The van der Waals surface area contributed by atoms with Crippen molar-refractivity contribution in [3.8, 4) is 17.6 Å². The molecular weight excluding hydrogens is 250 g/mol. The van der Waals surface area contributed by atoms with E-state index in [1.807, 2.05) is 31.2 Å². The van der Waals surface area contributed by atoms with Crippen LogP contribution in [0.2, 0.25) is 0 Å². The van der Waals surface area contributed by atoms with Gasteiger partial charge in [0.15, 0.2) is 0 Å².